The van der Waals surface area contributed by atoms with Crippen LogP contribution in [0.5, 0.6) is 0 Å². The Morgan fingerprint density at radius 1 is 1.00 bits per heavy atom. The predicted molar refractivity (Wildman–Crippen MR) is 124 cm³/mol. The van der Waals surface area contributed by atoms with Crippen molar-refractivity contribution >= 4 is 17.7 Å². The fourth-order valence-electron chi connectivity index (χ4n) is 3.18. The fourth-order valence-corrected chi connectivity index (χ4v) is 3.18. The summed E-state index contributed by atoms with van der Waals surface area (Å²) < 4.78 is 6.76. The summed E-state index contributed by atoms with van der Waals surface area (Å²) in [6.45, 7) is 1.55. The lowest BCUT2D eigenvalue weighted by atomic mass is 10.1. The number of nitriles is 1. The Bertz CT molecular complexity index is 1320. The van der Waals surface area contributed by atoms with Crippen LogP contribution in [0.25, 0.3) is 16.9 Å². The molecule has 1 amide bonds. The Balaban J connectivity index is 1.51. The molecule has 162 valence electrons. The molecular formula is C26H20N4O3. The first kappa shape index (κ1) is 21.5. The first-order valence-electron chi connectivity index (χ1n) is 10.2. The first-order chi connectivity index (χ1) is 16.0. The lowest BCUT2D eigenvalue weighted by Crippen LogP contribution is -2.22. The number of ether oxygens (including phenoxy) is 1. The topological polar surface area (TPSA) is 97.0 Å². The van der Waals surface area contributed by atoms with Crippen molar-refractivity contribution in [3.63, 3.8) is 0 Å². The fraction of sp³-hybridized carbons (Fsp3) is 0.0769. The SMILES string of the molecule is Cc1ccc(-c2cc(NC(=O)COC(=O)c3ccc(C#N)cc3)n(-c3ccccc3)n2)cc1. The molecule has 0 unspecified atom stereocenters. The number of hydrogen-bond donors (Lipinski definition) is 1. The zero-order valence-electron chi connectivity index (χ0n) is 17.9. The molecule has 7 heteroatoms. The van der Waals surface area contributed by atoms with E-state index >= 15 is 0 Å². The summed E-state index contributed by atoms with van der Waals surface area (Å²) in [5.74, 6) is -0.688. The highest BCUT2D eigenvalue weighted by atomic mass is 16.5. The van der Waals surface area contributed by atoms with Crippen LogP contribution in [0.15, 0.2) is 84.9 Å². The second-order valence-electron chi connectivity index (χ2n) is 7.34. The van der Waals surface area contributed by atoms with Gasteiger partial charge >= 0.3 is 5.97 Å². The molecule has 3 aromatic carbocycles. The van der Waals surface area contributed by atoms with Gasteiger partial charge in [0.05, 0.1) is 28.6 Å². The van der Waals surface area contributed by atoms with Crippen molar-refractivity contribution < 1.29 is 14.3 Å². The summed E-state index contributed by atoms with van der Waals surface area (Å²) in [5, 5.41) is 16.3. The standard InChI is InChI=1S/C26H20N4O3/c1-18-7-11-20(12-8-18)23-15-24(30(29-23)22-5-3-2-4-6-22)28-25(31)17-33-26(32)21-13-9-19(16-27)10-14-21/h2-15H,17H2,1H3,(H,28,31). The second-order valence-corrected chi connectivity index (χ2v) is 7.34. The number of carbonyl (C=O) groups excluding carboxylic acids is 2. The van der Waals surface area contributed by atoms with Crippen LogP contribution in [-0.4, -0.2) is 28.3 Å². The van der Waals surface area contributed by atoms with Crippen LogP contribution in [0.3, 0.4) is 0 Å². The molecule has 0 atom stereocenters. The number of hydrogen-bond acceptors (Lipinski definition) is 5. The van der Waals surface area contributed by atoms with Crippen LogP contribution >= 0.6 is 0 Å². The Labute approximate surface area is 190 Å². The number of benzene rings is 3. The molecule has 0 aliphatic heterocycles. The van der Waals surface area contributed by atoms with E-state index in [0.717, 1.165) is 16.8 Å². The molecule has 0 bridgehead atoms. The van der Waals surface area contributed by atoms with Crippen LogP contribution in [-0.2, 0) is 9.53 Å². The highest BCUT2D eigenvalue weighted by molar-refractivity contribution is 5.95. The Hall–Kier alpha value is -4.70. The van der Waals surface area contributed by atoms with Gasteiger partial charge < -0.3 is 10.1 Å². The third-order valence-electron chi connectivity index (χ3n) is 4.91. The van der Waals surface area contributed by atoms with E-state index in [1.54, 1.807) is 10.7 Å². The summed E-state index contributed by atoms with van der Waals surface area (Å²) >= 11 is 0. The van der Waals surface area contributed by atoms with Crippen LogP contribution in [0, 0.1) is 18.3 Å². The number of esters is 1. The monoisotopic (exact) mass is 436 g/mol. The minimum atomic E-state index is -0.647. The molecule has 0 aliphatic carbocycles. The summed E-state index contributed by atoms with van der Waals surface area (Å²) in [5.41, 5.74) is 4.22. The number of nitrogens with zero attached hydrogens (tertiary/aromatic N) is 3. The molecular weight excluding hydrogens is 416 g/mol. The number of carbonyl (C=O) groups is 2. The van der Waals surface area contributed by atoms with Crippen LogP contribution in [0.2, 0.25) is 0 Å². The number of anilines is 1. The second kappa shape index (κ2) is 9.62. The van der Waals surface area contributed by atoms with Gasteiger partial charge in [-0.25, -0.2) is 9.48 Å². The van der Waals surface area contributed by atoms with E-state index in [1.165, 1.54) is 24.3 Å². The molecule has 0 saturated carbocycles. The van der Waals surface area contributed by atoms with Gasteiger partial charge in [-0.15, -0.1) is 0 Å². The van der Waals surface area contributed by atoms with E-state index in [2.05, 4.69) is 10.4 Å². The molecule has 33 heavy (non-hydrogen) atoms. The van der Waals surface area contributed by atoms with Gasteiger partial charge in [0, 0.05) is 11.6 Å². The van der Waals surface area contributed by atoms with Gasteiger partial charge in [0.2, 0.25) is 0 Å². The predicted octanol–water partition coefficient (Wildman–Crippen LogP) is 4.51. The van der Waals surface area contributed by atoms with Gasteiger partial charge in [0.1, 0.15) is 5.82 Å². The maximum Gasteiger partial charge on any atom is 0.338 e. The molecule has 1 N–H and O–H groups in total. The number of nitrogens with one attached hydrogen (secondary N) is 1. The van der Waals surface area contributed by atoms with Crippen molar-refractivity contribution in [2.45, 2.75) is 6.92 Å². The summed E-state index contributed by atoms with van der Waals surface area (Å²) in [6, 6.07) is 27.1. The van der Waals surface area contributed by atoms with Crippen molar-refractivity contribution in [1.82, 2.24) is 9.78 Å². The van der Waals surface area contributed by atoms with E-state index in [0.29, 0.717) is 17.1 Å². The van der Waals surface area contributed by atoms with Crippen LogP contribution in [0.1, 0.15) is 21.5 Å². The van der Waals surface area contributed by atoms with Gasteiger partial charge in [-0.3, -0.25) is 4.79 Å². The Kier molecular flexibility index (Phi) is 6.28. The van der Waals surface area contributed by atoms with E-state index in [9.17, 15) is 9.59 Å². The van der Waals surface area contributed by atoms with E-state index < -0.39 is 18.5 Å². The average molecular weight is 436 g/mol. The molecule has 0 fully saturated rings. The van der Waals surface area contributed by atoms with Crippen molar-refractivity contribution in [2.24, 2.45) is 0 Å². The summed E-state index contributed by atoms with van der Waals surface area (Å²) in [4.78, 5) is 24.8. The van der Waals surface area contributed by atoms with Crippen molar-refractivity contribution in [3.05, 3.63) is 102 Å². The lowest BCUT2D eigenvalue weighted by Gasteiger charge is -2.09. The number of aryl methyl sites for hydroxylation is 1. The van der Waals surface area contributed by atoms with E-state index in [1.807, 2.05) is 67.6 Å². The normalized spacial score (nSPS) is 10.3. The third-order valence-corrected chi connectivity index (χ3v) is 4.91. The number of para-hydroxylation sites is 1. The van der Waals surface area contributed by atoms with Crippen LogP contribution in [0.4, 0.5) is 5.82 Å². The van der Waals surface area contributed by atoms with Gasteiger partial charge in [0.15, 0.2) is 6.61 Å². The average Bonchev–Trinajstić information content (AvgIpc) is 3.27. The maximum atomic E-state index is 12.6. The van der Waals surface area contributed by atoms with Gasteiger partial charge in [-0.05, 0) is 43.3 Å². The van der Waals surface area contributed by atoms with Crippen molar-refractivity contribution in [2.75, 3.05) is 11.9 Å². The van der Waals surface area contributed by atoms with Gasteiger partial charge in [-0.1, -0.05) is 48.0 Å². The van der Waals surface area contributed by atoms with E-state index in [4.69, 9.17) is 10.00 Å². The van der Waals surface area contributed by atoms with Crippen LogP contribution < -0.4 is 5.32 Å². The Morgan fingerprint density at radius 2 is 1.70 bits per heavy atom. The molecule has 1 heterocycles. The molecule has 4 rings (SSSR count). The zero-order valence-corrected chi connectivity index (χ0v) is 17.9. The first-order valence-corrected chi connectivity index (χ1v) is 10.2. The molecule has 0 aliphatic rings. The Morgan fingerprint density at radius 3 is 2.36 bits per heavy atom. The molecule has 0 radical (unpaired) electrons. The number of aromatic nitrogens is 2. The quantitative estimate of drug-likeness (QED) is 0.449. The highest BCUT2D eigenvalue weighted by Gasteiger charge is 2.16. The van der Waals surface area contributed by atoms with Crippen molar-refractivity contribution in [1.29, 1.82) is 5.26 Å². The maximum absolute atomic E-state index is 12.6. The minimum absolute atomic E-state index is 0.262. The smallest absolute Gasteiger partial charge is 0.338 e. The third kappa shape index (κ3) is 5.14. The molecule has 1 aromatic heterocycles. The highest BCUT2D eigenvalue weighted by Crippen LogP contribution is 2.25. The largest absolute Gasteiger partial charge is 0.452 e. The molecule has 0 spiro atoms. The summed E-state index contributed by atoms with van der Waals surface area (Å²) in [7, 11) is 0. The minimum Gasteiger partial charge on any atom is -0.452 e. The zero-order chi connectivity index (χ0) is 23.2. The number of rotatable bonds is 6. The molecule has 0 saturated heterocycles. The van der Waals surface area contributed by atoms with Gasteiger partial charge in [0.25, 0.3) is 5.91 Å². The summed E-state index contributed by atoms with van der Waals surface area (Å²) in [6.07, 6.45) is 0. The molecule has 7 nitrogen and oxygen atoms in total. The van der Waals surface area contributed by atoms with E-state index in [-0.39, 0.29) is 5.56 Å². The van der Waals surface area contributed by atoms with Gasteiger partial charge in [-0.2, -0.15) is 10.4 Å². The van der Waals surface area contributed by atoms with Crippen molar-refractivity contribution in [3.8, 4) is 23.0 Å². The molecule has 4 aromatic rings. The number of amides is 1. The lowest BCUT2D eigenvalue weighted by molar-refractivity contribution is -0.119.